The summed E-state index contributed by atoms with van der Waals surface area (Å²) in [7, 11) is 0. The summed E-state index contributed by atoms with van der Waals surface area (Å²) >= 11 is 1.53. The molecule has 1 N–H and O–H groups in total. The summed E-state index contributed by atoms with van der Waals surface area (Å²) in [6.45, 7) is 1.55. The quantitative estimate of drug-likeness (QED) is 0.806. The van der Waals surface area contributed by atoms with E-state index in [0.29, 0.717) is 0 Å². The second-order valence-corrected chi connectivity index (χ2v) is 6.37. The van der Waals surface area contributed by atoms with E-state index < -0.39 is 0 Å². The topological polar surface area (TPSA) is 58.1 Å². The number of anilines is 1. The van der Waals surface area contributed by atoms with Crippen LogP contribution in [-0.2, 0) is 0 Å². The van der Waals surface area contributed by atoms with E-state index >= 15 is 0 Å². The number of hydrogen-bond acceptors (Lipinski definition) is 5. The van der Waals surface area contributed by atoms with E-state index in [1.54, 1.807) is 18.6 Å². The van der Waals surface area contributed by atoms with Gasteiger partial charge in [0.15, 0.2) is 0 Å². The SMILES string of the molecule is O=C(NC1CN(c2cnccn2)C1)c1cc2ccccc2s1. The molecule has 1 aromatic carbocycles. The molecule has 1 aliphatic heterocycles. The van der Waals surface area contributed by atoms with Crippen LogP contribution >= 0.6 is 11.3 Å². The second kappa shape index (κ2) is 5.38. The predicted octanol–water partition coefficient (Wildman–Crippen LogP) is 2.31. The molecule has 5 nitrogen and oxygen atoms in total. The Morgan fingerprint density at radius 3 is 2.91 bits per heavy atom. The van der Waals surface area contributed by atoms with Gasteiger partial charge >= 0.3 is 0 Å². The lowest BCUT2D eigenvalue weighted by Gasteiger charge is -2.40. The first-order chi connectivity index (χ1) is 10.8. The largest absolute Gasteiger partial charge is 0.351 e. The number of hydrogen-bond donors (Lipinski definition) is 1. The maximum atomic E-state index is 12.3. The Morgan fingerprint density at radius 2 is 2.14 bits per heavy atom. The van der Waals surface area contributed by atoms with Crippen LogP contribution in [0.2, 0.25) is 0 Å². The van der Waals surface area contributed by atoms with Crippen LogP contribution in [0.4, 0.5) is 5.82 Å². The fourth-order valence-electron chi connectivity index (χ4n) is 2.56. The Morgan fingerprint density at radius 1 is 1.27 bits per heavy atom. The first-order valence-electron chi connectivity index (χ1n) is 7.10. The van der Waals surface area contributed by atoms with Crippen molar-refractivity contribution in [2.45, 2.75) is 6.04 Å². The van der Waals surface area contributed by atoms with Gasteiger partial charge in [-0.2, -0.15) is 0 Å². The van der Waals surface area contributed by atoms with Gasteiger partial charge in [0.1, 0.15) is 5.82 Å². The Balaban J connectivity index is 1.39. The van der Waals surface area contributed by atoms with Crippen molar-refractivity contribution in [1.29, 1.82) is 0 Å². The minimum absolute atomic E-state index is 0.00463. The number of carbonyl (C=O) groups is 1. The van der Waals surface area contributed by atoms with Gasteiger partial charge in [-0.15, -0.1) is 11.3 Å². The fraction of sp³-hybridized carbons (Fsp3) is 0.188. The van der Waals surface area contributed by atoms with Crippen molar-refractivity contribution in [2.75, 3.05) is 18.0 Å². The summed E-state index contributed by atoms with van der Waals surface area (Å²) in [5, 5.41) is 4.19. The van der Waals surface area contributed by atoms with Gasteiger partial charge in [-0.05, 0) is 17.5 Å². The molecule has 6 heteroatoms. The lowest BCUT2D eigenvalue weighted by atomic mass is 10.1. The highest BCUT2D eigenvalue weighted by molar-refractivity contribution is 7.20. The molecule has 0 spiro atoms. The van der Waals surface area contributed by atoms with Crippen LogP contribution < -0.4 is 10.2 Å². The summed E-state index contributed by atoms with van der Waals surface area (Å²) in [6.07, 6.45) is 5.08. The number of amides is 1. The highest BCUT2D eigenvalue weighted by Gasteiger charge is 2.29. The van der Waals surface area contributed by atoms with Gasteiger partial charge in [-0.1, -0.05) is 18.2 Å². The number of benzene rings is 1. The highest BCUT2D eigenvalue weighted by atomic mass is 32.1. The summed E-state index contributed by atoms with van der Waals surface area (Å²) in [5.41, 5.74) is 0. The molecule has 0 bridgehead atoms. The molecule has 1 saturated heterocycles. The van der Waals surface area contributed by atoms with Crippen LogP contribution in [0.1, 0.15) is 9.67 Å². The van der Waals surface area contributed by atoms with E-state index in [1.807, 2.05) is 30.3 Å². The molecule has 3 aromatic rings. The van der Waals surface area contributed by atoms with Crippen molar-refractivity contribution >= 4 is 33.1 Å². The lowest BCUT2D eigenvalue weighted by Crippen LogP contribution is -2.59. The van der Waals surface area contributed by atoms with E-state index in [2.05, 4.69) is 20.2 Å². The van der Waals surface area contributed by atoms with E-state index in [-0.39, 0.29) is 11.9 Å². The molecule has 3 heterocycles. The predicted molar refractivity (Wildman–Crippen MR) is 87.3 cm³/mol. The molecule has 2 aromatic heterocycles. The van der Waals surface area contributed by atoms with Gasteiger partial charge in [-0.25, -0.2) is 4.98 Å². The molecule has 0 saturated carbocycles. The van der Waals surface area contributed by atoms with Gasteiger partial charge in [-0.3, -0.25) is 9.78 Å². The highest BCUT2D eigenvalue weighted by Crippen LogP contribution is 2.25. The van der Waals surface area contributed by atoms with Crippen molar-refractivity contribution in [3.05, 3.63) is 53.8 Å². The molecule has 1 aliphatic rings. The van der Waals surface area contributed by atoms with E-state index in [0.717, 1.165) is 33.9 Å². The molecule has 22 heavy (non-hydrogen) atoms. The van der Waals surface area contributed by atoms with Crippen LogP contribution in [0.15, 0.2) is 48.9 Å². The zero-order valence-electron chi connectivity index (χ0n) is 11.8. The number of aromatic nitrogens is 2. The minimum Gasteiger partial charge on any atom is -0.351 e. The first-order valence-corrected chi connectivity index (χ1v) is 7.92. The first kappa shape index (κ1) is 13.2. The second-order valence-electron chi connectivity index (χ2n) is 5.29. The molecule has 110 valence electrons. The molecule has 0 aliphatic carbocycles. The Hall–Kier alpha value is -2.47. The summed E-state index contributed by atoms with van der Waals surface area (Å²) < 4.78 is 1.14. The van der Waals surface area contributed by atoms with Gasteiger partial charge in [0.2, 0.25) is 0 Å². The lowest BCUT2D eigenvalue weighted by molar-refractivity contribution is 0.0934. The third-order valence-electron chi connectivity index (χ3n) is 3.74. The van der Waals surface area contributed by atoms with Crippen LogP contribution in [0.25, 0.3) is 10.1 Å². The van der Waals surface area contributed by atoms with Crippen LogP contribution in [0.5, 0.6) is 0 Å². The van der Waals surface area contributed by atoms with E-state index in [9.17, 15) is 4.79 Å². The van der Waals surface area contributed by atoms with Crippen molar-refractivity contribution in [2.24, 2.45) is 0 Å². The fourth-order valence-corrected chi connectivity index (χ4v) is 3.53. The molecular formula is C16H14N4OS. The average Bonchev–Trinajstić information content (AvgIpc) is 2.95. The van der Waals surface area contributed by atoms with Crippen molar-refractivity contribution < 1.29 is 4.79 Å². The van der Waals surface area contributed by atoms with Gasteiger partial charge < -0.3 is 10.2 Å². The van der Waals surface area contributed by atoms with Crippen LogP contribution in [0.3, 0.4) is 0 Å². The number of fused-ring (bicyclic) bond motifs is 1. The Kier molecular flexibility index (Phi) is 3.23. The summed E-state index contributed by atoms with van der Waals surface area (Å²) in [5.74, 6) is 0.861. The monoisotopic (exact) mass is 310 g/mol. The van der Waals surface area contributed by atoms with Crippen molar-refractivity contribution in [1.82, 2.24) is 15.3 Å². The zero-order chi connectivity index (χ0) is 14.9. The molecule has 0 radical (unpaired) electrons. The number of nitrogens with zero attached hydrogens (tertiary/aromatic N) is 3. The van der Waals surface area contributed by atoms with E-state index in [1.165, 1.54) is 11.3 Å². The molecule has 4 rings (SSSR count). The smallest absolute Gasteiger partial charge is 0.261 e. The average molecular weight is 310 g/mol. The van der Waals surface area contributed by atoms with Crippen LogP contribution in [-0.4, -0.2) is 35.0 Å². The molecule has 0 unspecified atom stereocenters. The maximum absolute atomic E-state index is 12.3. The molecule has 0 atom stereocenters. The van der Waals surface area contributed by atoms with Crippen molar-refractivity contribution in [3.8, 4) is 0 Å². The number of carbonyl (C=O) groups excluding carboxylic acids is 1. The van der Waals surface area contributed by atoms with Gasteiger partial charge in [0.05, 0.1) is 17.1 Å². The third-order valence-corrected chi connectivity index (χ3v) is 4.85. The third kappa shape index (κ3) is 2.42. The standard InChI is InChI=1S/C16H14N4OS/c21-16(14-7-11-3-1-2-4-13(11)22-14)19-12-9-20(10-12)15-8-17-5-6-18-15/h1-8,12H,9-10H2,(H,19,21). The van der Waals surface area contributed by atoms with Gasteiger partial charge in [0.25, 0.3) is 5.91 Å². The number of nitrogens with one attached hydrogen (secondary N) is 1. The number of rotatable bonds is 3. The Bertz CT molecular complexity index is 778. The normalized spacial score (nSPS) is 14.8. The summed E-state index contributed by atoms with van der Waals surface area (Å²) in [4.78, 5) is 23.5. The van der Waals surface area contributed by atoms with Gasteiger partial charge in [0, 0.05) is 30.2 Å². The molecule has 1 amide bonds. The summed E-state index contributed by atoms with van der Waals surface area (Å²) in [6, 6.07) is 10.2. The minimum atomic E-state index is 0.00463. The Labute approximate surface area is 131 Å². The molecular weight excluding hydrogens is 296 g/mol. The van der Waals surface area contributed by atoms with Crippen molar-refractivity contribution in [3.63, 3.8) is 0 Å². The van der Waals surface area contributed by atoms with E-state index in [4.69, 9.17) is 0 Å². The maximum Gasteiger partial charge on any atom is 0.261 e. The zero-order valence-corrected chi connectivity index (χ0v) is 12.6. The molecule has 1 fully saturated rings. The number of thiophene rings is 1. The van der Waals surface area contributed by atoms with Crippen LogP contribution in [0, 0.1) is 0 Å².